The van der Waals surface area contributed by atoms with E-state index in [0.717, 1.165) is 31.7 Å². The fourth-order valence-electron chi connectivity index (χ4n) is 2.60. The van der Waals surface area contributed by atoms with Gasteiger partial charge in [0.25, 0.3) is 5.91 Å². The van der Waals surface area contributed by atoms with Crippen LogP contribution in [0.15, 0.2) is 54.6 Å². The van der Waals surface area contributed by atoms with Crippen LogP contribution in [0.5, 0.6) is 11.5 Å². The standard InChI is InChI=1S/C18H20N2O2/c19-15-9-11-20(12-10-15)18(21)14-5-4-8-17(13-14)22-16-6-2-1-3-7-16/h1-8,13,15H,9-12,19H2. The van der Waals surface area contributed by atoms with Crippen LogP contribution in [0, 0.1) is 0 Å². The van der Waals surface area contributed by atoms with Crippen molar-refractivity contribution in [2.45, 2.75) is 18.9 Å². The third-order valence-corrected chi connectivity index (χ3v) is 3.89. The molecule has 2 aromatic rings. The molecule has 1 aliphatic heterocycles. The predicted octanol–water partition coefficient (Wildman–Crippen LogP) is 3.04. The van der Waals surface area contributed by atoms with Gasteiger partial charge in [0.05, 0.1) is 0 Å². The van der Waals surface area contributed by atoms with Crippen LogP contribution in [0.2, 0.25) is 0 Å². The van der Waals surface area contributed by atoms with Gasteiger partial charge in [-0.15, -0.1) is 0 Å². The highest BCUT2D eigenvalue weighted by Crippen LogP contribution is 2.23. The molecule has 0 radical (unpaired) electrons. The zero-order chi connectivity index (χ0) is 15.4. The number of ether oxygens (including phenoxy) is 1. The predicted molar refractivity (Wildman–Crippen MR) is 86.1 cm³/mol. The van der Waals surface area contributed by atoms with Gasteiger partial charge in [0.2, 0.25) is 0 Å². The molecular weight excluding hydrogens is 276 g/mol. The molecule has 1 fully saturated rings. The van der Waals surface area contributed by atoms with E-state index in [9.17, 15) is 4.79 Å². The molecule has 22 heavy (non-hydrogen) atoms. The lowest BCUT2D eigenvalue weighted by atomic mass is 10.0. The largest absolute Gasteiger partial charge is 0.457 e. The highest BCUT2D eigenvalue weighted by molar-refractivity contribution is 5.94. The highest BCUT2D eigenvalue weighted by atomic mass is 16.5. The molecule has 4 nitrogen and oxygen atoms in total. The first kappa shape index (κ1) is 14.6. The summed E-state index contributed by atoms with van der Waals surface area (Å²) in [5, 5.41) is 0. The van der Waals surface area contributed by atoms with E-state index in [4.69, 9.17) is 10.5 Å². The second-order valence-electron chi connectivity index (χ2n) is 5.57. The molecule has 2 N–H and O–H groups in total. The van der Waals surface area contributed by atoms with E-state index in [-0.39, 0.29) is 11.9 Å². The molecule has 2 aromatic carbocycles. The fourth-order valence-corrected chi connectivity index (χ4v) is 2.60. The van der Waals surface area contributed by atoms with E-state index in [1.165, 1.54) is 0 Å². The maximum atomic E-state index is 12.5. The normalized spacial score (nSPS) is 15.6. The van der Waals surface area contributed by atoms with E-state index < -0.39 is 0 Å². The van der Waals surface area contributed by atoms with Gasteiger partial charge in [-0.3, -0.25) is 4.79 Å². The lowest BCUT2D eigenvalue weighted by Gasteiger charge is -2.30. The van der Waals surface area contributed by atoms with Gasteiger partial charge in [-0.05, 0) is 43.2 Å². The van der Waals surface area contributed by atoms with Crippen molar-refractivity contribution in [3.05, 3.63) is 60.2 Å². The third kappa shape index (κ3) is 3.46. The summed E-state index contributed by atoms with van der Waals surface area (Å²) in [6, 6.07) is 17.1. The Labute approximate surface area is 130 Å². The fraction of sp³-hybridized carbons (Fsp3) is 0.278. The van der Waals surface area contributed by atoms with Crippen LogP contribution < -0.4 is 10.5 Å². The maximum absolute atomic E-state index is 12.5. The van der Waals surface area contributed by atoms with Crippen LogP contribution in [0.4, 0.5) is 0 Å². The van der Waals surface area contributed by atoms with Crippen LogP contribution in [-0.2, 0) is 0 Å². The molecular formula is C18H20N2O2. The summed E-state index contributed by atoms with van der Waals surface area (Å²) >= 11 is 0. The zero-order valence-corrected chi connectivity index (χ0v) is 12.4. The van der Waals surface area contributed by atoms with Crippen LogP contribution >= 0.6 is 0 Å². The Bertz CT molecular complexity index is 635. The number of hydrogen-bond donors (Lipinski definition) is 1. The number of nitrogens with two attached hydrogens (primary N) is 1. The number of para-hydroxylation sites is 1. The topological polar surface area (TPSA) is 55.6 Å². The van der Waals surface area contributed by atoms with Crippen molar-refractivity contribution in [3.63, 3.8) is 0 Å². The van der Waals surface area contributed by atoms with Crippen molar-refractivity contribution >= 4 is 5.91 Å². The number of carbonyl (C=O) groups is 1. The molecule has 0 atom stereocenters. The average molecular weight is 296 g/mol. The molecule has 4 heteroatoms. The van der Waals surface area contributed by atoms with E-state index >= 15 is 0 Å². The van der Waals surface area contributed by atoms with Gasteiger partial charge < -0.3 is 15.4 Å². The van der Waals surface area contributed by atoms with Crippen molar-refractivity contribution in [2.75, 3.05) is 13.1 Å². The van der Waals surface area contributed by atoms with Crippen LogP contribution in [0.25, 0.3) is 0 Å². The molecule has 0 bridgehead atoms. The smallest absolute Gasteiger partial charge is 0.253 e. The average Bonchev–Trinajstić information content (AvgIpc) is 2.56. The lowest BCUT2D eigenvalue weighted by molar-refractivity contribution is 0.0714. The maximum Gasteiger partial charge on any atom is 0.253 e. The molecule has 1 heterocycles. The Hall–Kier alpha value is -2.33. The van der Waals surface area contributed by atoms with Gasteiger partial charge in [-0.2, -0.15) is 0 Å². The molecule has 114 valence electrons. The molecule has 0 unspecified atom stereocenters. The number of amides is 1. The molecule has 1 amide bonds. The van der Waals surface area contributed by atoms with Crippen molar-refractivity contribution in [1.82, 2.24) is 4.90 Å². The minimum atomic E-state index is 0.0467. The Balaban J connectivity index is 1.72. The molecule has 0 aromatic heterocycles. The highest BCUT2D eigenvalue weighted by Gasteiger charge is 2.21. The summed E-state index contributed by atoms with van der Waals surface area (Å²) in [7, 11) is 0. The number of piperidine rings is 1. The first-order chi connectivity index (χ1) is 10.7. The summed E-state index contributed by atoms with van der Waals surface area (Å²) in [6.07, 6.45) is 1.73. The molecule has 1 aliphatic rings. The monoisotopic (exact) mass is 296 g/mol. The first-order valence-electron chi connectivity index (χ1n) is 7.60. The Kier molecular flexibility index (Phi) is 4.39. The van der Waals surface area contributed by atoms with Gasteiger partial charge in [0.1, 0.15) is 11.5 Å². The summed E-state index contributed by atoms with van der Waals surface area (Å²) in [5.41, 5.74) is 6.54. The summed E-state index contributed by atoms with van der Waals surface area (Å²) < 4.78 is 5.78. The third-order valence-electron chi connectivity index (χ3n) is 3.89. The molecule has 0 spiro atoms. The Morgan fingerprint density at radius 2 is 1.68 bits per heavy atom. The van der Waals surface area contributed by atoms with Gasteiger partial charge in [-0.1, -0.05) is 24.3 Å². The number of hydrogen-bond acceptors (Lipinski definition) is 3. The van der Waals surface area contributed by atoms with E-state index in [1.807, 2.05) is 53.4 Å². The number of rotatable bonds is 3. The second-order valence-corrected chi connectivity index (χ2v) is 5.57. The van der Waals surface area contributed by atoms with Gasteiger partial charge in [-0.25, -0.2) is 0 Å². The minimum Gasteiger partial charge on any atom is -0.457 e. The lowest BCUT2D eigenvalue weighted by Crippen LogP contribution is -2.42. The van der Waals surface area contributed by atoms with Crippen molar-refractivity contribution in [2.24, 2.45) is 5.73 Å². The van der Waals surface area contributed by atoms with Gasteiger partial charge in [0, 0.05) is 24.7 Å². The summed E-state index contributed by atoms with van der Waals surface area (Å²) in [5.74, 6) is 1.48. The van der Waals surface area contributed by atoms with Crippen molar-refractivity contribution in [3.8, 4) is 11.5 Å². The summed E-state index contributed by atoms with van der Waals surface area (Å²) in [6.45, 7) is 1.45. The summed E-state index contributed by atoms with van der Waals surface area (Å²) in [4.78, 5) is 14.4. The number of likely N-dealkylation sites (tertiary alicyclic amines) is 1. The van der Waals surface area contributed by atoms with Crippen molar-refractivity contribution < 1.29 is 9.53 Å². The van der Waals surface area contributed by atoms with E-state index in [1.54, 1.807) is 6.07 Å². The number of nitrogens with zero attached hydrogens (tertiary/aromatic N) is 1. The molecule has 0 saturated carbocycles. The second kappa shape index (κ2) is 6.62. The molecule has 1 saturated heterocycles. The first-order valence-corrected chi connectivity index (χ1v) is 7.60. The number of benzene rings is 2. The van der Waals surface area contributed by atoms with Gasteiger partial charge in [0.15, 0.2) is 0 Å². The zero-order valence-electron chi connectivity index (χ0n) is 12.4. The SMILES string of the molecule is NC1CCN(C(=O)c2cccc(Oc3ccccc3)c2)CC1. The Morgan fingerprint density at radius 1 is 1.00 bits per heavy atom. The minimum absolute atomic E-state index is 0.0467. The Morgan fingerprint density at radius 3 is 2.41 bits per heavy atom. The van der Waals surface area contributed by atoms with E-state index in [0.29, 0.717) is 11.3 Å². The van der Waals surface area contributed by atoms with Crippen LogP contribution in [0.1, 0.15) is 23.2 Å². The molecule has 3 rings (SSSR count). The van der Waals surface area contributed by atoms with Crippen molar-refractivity contribution in [1.29, 1.82) is 0 Å². The van der Waals surface area contributed by atoms with E-state index in [2.05, 4.69) is 0 Å². The quantitative estimate of drug-likeness (QED) is 0.947. The van der Waals surface area contributed by atoms with Gasteiger partial charge >= 0.3 is 0 Å². The molecule has 0 aliphatic carbocycles. The van der Waals surface area contributed by atoms with Crippen LogP contribution in [0.3, 0.4) is 0 Å². The number of carbonyl (C=O) groups excluding carboxylic acids is 1. The van der Waals surface area contributed by atoms with Crippen LogP contribution in [-0.4, -0.2) is 29.9 Å².